The number of rotatable bonds is 4. The van der Waals surface area contributed by atoms with Crippen molar-refractivity contribution in [1.29, 1.82) is 0 Å². The first kappa shape index (κ1) is 12.7. The number of esters is 1. The molecule has 98 valence electrons. The number of hydrogen-bond donors (Lipinski definition) is 2. The van der Waals surface area contributed by atoms with Crippen molar-refractivity contribution in [2.75, 3.05) is 13.7 Å². The predicted octanol–water partition coefficient (Wildman–Crippen LogP) is -1.41. The van der Waals surface area contributed by atoms with E-state index in [9.17, 15) is 18.3 Å². The molecule has 0 aromatic carbocycles. The normalized spacial score (nSPS) is 30.5. The fraction of sp³-hybridized carbons (Fsp3) is 0.889. The van der Waals surface area contributed by atoms with Crippen LogP contribution in [0, 0.1) is 0 Å². The predicted molar refractivity (Wildman–Crippen MR) is 58.2 cm³/mol. The summed E-state index contributed by atoms with van der Waals surface area (Å²) < 4.78 is 31.9. The Labute approximate surface area is 99.9 Å². The number of nitrogens with one attached hydrogen (secondary N) is 1. The van der Waals surface area contributed by atoms with Crippen LogP contribution in [0.2, 0.25) is 0 Å². The minimum atomic E-state index is -3.71. The van der Waals surface area contributed by atoms with Crippen LogP contribution in [-0.4, -0.2) is 55.6 Å². The highest BCUT2D eigenvalue weighted by Crippen LogP contribution is 2.25. The van der Waals surface area contributed by atoms with Crippen LogP contribution in [0.1, 0.15) is 19.3 Å². The molecular weight excluding hydrogens is 248 g/mol. The quantitative estimate of drug-likeness (QED) is 0.608. The average Bonchev–Trinajstić information content (AvgIpc) is 2.96. The molecule has 2 aliphatic rings. The van der Waals surface area contributed by atoms with Gasteiger partial charge in [0.05, 0.1) is 13.2 Å². The van der Waals surface area contributed by atoms with E-state index in [0.29, 0.717) is 0 Å². The summed E-state index contributed by atoms with van der Waals surface area (Å²) in [5.74, 6) is -0.636. The molecule has 0 radical (unpaired) electrons. The Bertz CT molecular complexity index is 406. The van der Waals surface area contributed by atoms with Crippen LogP contribution in [-0.2, 0) is 19.7 Å². The summed E-state index contributed by atoms with van der Waals surface area (Å²) >= 11 is 0. The van der Waals surface area contributed by atoms with Gasteiger partial charge in [-0.2, -0.15) is 17.4 Å². The van der Waals surface area contributed by atoms with Crippen molar-refractivity contribution in [3.63, 3.8) is 0 Å². The molecule has 7 nitrogen and oxygen atoms in total. The second-order valence-corrected chi connectivity index (χ2v) is 6.05. The maximum absolute atomic E-state index is 12.0. The van der Waals surface area contributed by atoms with E-state index in [2.05, 4.69) is 9.46 Å². The minimum Gasteiger partial charge on any atom is -0.468 e. The van der Waals surface area contributed by atoms with Gasteiger partial charge in [-0.25, -0.2) is 0 Å². The van der Waals surface area contributed by atoms with Crippen LogP contribution in [0.25, 0.3) is 0 Å². The zero-order valence-corrected chi connectivity index (χ0v) is 10.3. The van der Waals surface area contributed by atoms with Crippen molar-refractivity contribution in [2.45, 2.75) is 37.5 Å². The van der Waals surface area contributed by atoms with Gasteiger partial charge in [0.2, 0.25) is 0 Å². The summed E-state index contributed by atoms with van der Waals surface area (Å²) in [6, 6.07) is -0.956. The van der Waals surface area contributed by atoms with Crippen molar-refractivity contribution in [1.82, 2.24) is 9.03 Å². The van der Waals surface area contributed by atoms with E-state index >= 15 is 0 Å². The standard InChI is InChI=1S/C9H16N2O5S/c1-16-9(13)8-4-7(12)5-11(8)17(14,15)10-6-2-3-6/h6-8,10,12H,2-5H2,1H3. The van der Waals surface area contributed by atoms with E-state index in [0.717, 1.165) is 17.1 Å². The molecule has 2 rings (SSSR count). The summed E-state index contributed by atoms with van der Waals surface area (Å²) in [6.45, 7) is -0.0676. The third-order valence-corrected chi connectivity index (χ3v) is 4.56. The molecule has 0 bridgehead atoms. The van der Waals surface area contributed by atoms with E-state index in [4.69, 9.17) is 0 Å². The summed E-state index contributed by atoms with van der Waals surface area (Å²) in [5, 5.41) is 9.49. The van der Waals surface area contributed by atoms with E-state index in [1.54, 1.807) is 0 Å². The fourth-order valence-electron chi connectivity index (χ4n) is 1.88. The van der Waals surface area contributed by atoms with Crippen LogP contribution in [0.5, 0.6) is 0 Å². The van der Waals surface area contributed by atoms with Gasteiger partial charge in [-0.15, -0.1) is 0 Å². The lowest BCUT2D eigenvalue weighted by atomic mass is 10.2. The molecule has 1 aliphatic heterocycles. The van der Waals surface area contributed by atoms with Crippen molar-refractivity contribution in [3.8, 4) is 0 Å². The molecule has 2 atom stereocenters. The van der Waals surface area contributed by atoms with Crippen LogP contribution in [0.3, 0.4) is 0 Å². The molecule has 2 unspecified atom stereocenters. The van der Waals surface area contributed by atoms with Gasteiger partial charge in [0.1, 0.15) is 6.04 Å². The topological polar surface area (TPSA) is 95.9 Å². The largest absolute Gasteiger partial charge is 0.468 e. The van der Waals surface area contributed by atoms with E-state index in [1.807, 2.05) is 0 Å². The van der Waals surface area contributed by atoms with Gasteiger partial charge in [0.15, 0.2) is 0 Å². The van der Waals surface area contributed by atoms with Gasteiger partial charge >= 0.3 is 5.97 Å². The second kappa shape index (κ2) is 4.52. The van der Waals surface area contributed by atoms with Crippen molar-refractivity contribution in [3.05, 3.63) is 0 Å². The Morgan fingerprint density at radius 2 is 2.12 bits per heavy atom. The lowest BCUT2D eigenvalue weighted by molar-refractivity contribution is -0.144. The van der Waals surface area contributed by atoms with Crippen molar-refractivity contribution in [2.24, 2.45) is 0 Å². The second-order valence-electron chi connectivity index (χ2n) is 4.40. The Hall–Kier alpha value is -0.700. The maximum atomic E-state index is 12.0. The first-order valence-electron chi connectivity index (χ1n) is 5.49. The molecule has 0 spiro atoms. The number of carbonyl (C=O) groups is 1. The zero-order valence-electron chi connectivity index (χ0n) is 9.50. The number of nitrogens with zero attached hydrogens (tertiary/aromatic N) is 1. The van der Waals surface area contributed by atoms with Gasteiger partial charge < -0.3 is 9.84 Å². The Kier molecular flexibility index (Phi) is 3.39. The zero-order chi connectivity index (χ0) is 12.6. The highest BCUT2D eigenvalue weighted by Gasteiger charge is 2.44. The molecule has 8 heteroatoms. The van der Waals surface area contributed by atoms with Crippen LogP contribution < -0.4 is 4.72 Å². The highest BCUT2D eigenvalue weighted by atomic mass is 32.2. The minimum absolute atomic E-state index is 0.0314. The van der Waals surface area contributed by atoms with Gasteiger partial charge in [-0.05, 0) is 12.8 Å². The van der Waals surface area contributed by atoms with Gasteiger partial charge in [-0.3, -0.25) is 4.79 Å². The third-order valence-electron chi connectivity index (χ3n) is 2.91. The van der Waals surface area contributed by atoms with E-state index in [-0.39, 0.29) is 19.0 Å². The Balaban J connectivity index is 2.13. The molecule has 0 aromatic heterocycles. The molecule has 0 aromatic rings. The first-order chi connectivity index (χ1) is 7.94. The third kappa shape index (κ3) is 2.76. The lowest BCUT2D eigenvalue weighted by Gasteiger charge is -2.21. The van der Waals surface area contributed by atoms with Crippen LogP contribution >= 0.6 is 0 Å². The number of hydrogen-bond acceptors (Lipinski definition) is 5. The maximum Gasteiger partial charge on any atom is 0.324 e. The Morgan fingerprint density at radius 1 is 1.47 bits per heavy atom. The smallest absolute Gasteiger partial charge is 0.324 e. The lowest BCUT2D eigenvalue weighted by Crippen LogP contribution is -2.47. The van der Waals surface area contributed by atoms with Crippen LogP contribution in [0.4, 0.5) is 0 Å². The van der Waals surface area contributed by atoms with Gasteiger partial charge in [0, 0.05) is 19.0 Å². The molecule has 1 saturated heterocycles. The number of aliphatic hydroxyl groups excluding tert-OH is 1. The SMILES string of the molecule is COC(=O)C1CC(O)CN1S(=O)(=O)NC1CC1. The van der Waals surface area contributed by atoms with Gasteiger partial charge in [0.25, 0.3) is 10.2 Å². The Morgan fingerprint density at radius 3 is 2.65 bits per heavy atom. The number of aliphatic hydroxyl groups is 1. The number of methoxy groups -OCH3 is 1. The molecule has 1 heterocycles. The van der Waals surface area contributed by atoms with Gasteiger partial charge in [-0.1, -0.05) is 0 Å². The van der Waals surface area contributed by atoms with Crippen molar-refractivity contribution < 1.29 is 23.1 Å². The fourth-order valence-corrected chi connectivity index (χ4v) is 3.55. The number of β-amino-alcohol motifs (C(OH)–C–C–N with tert-alkyl or cyclic N) is 1. The molecule has 0 amide bonds. The van der Waals surface area contributed by atoms with Crippen molar-refractivity contribution >= 4 is 16.2 Å². The monoisotopic (exact) mass is 264 g/mol. The average molecular weight is 264 g/mol. The summed E-state index contributed by atoms with van der Waals surface area (Å²) in [4.78, 5) is 11.5. The number of ether oxygens (including phenoxy) is 1. The number of carbonyl (C=O) groups excluding carboxylic acids is 1. The first-order valence-corrected chi connectivity index (χ1v) is 6.93. The molecule has 17 heavy (non-hydrogen) atoms. The summed E-state index contributed by atoms with van der Waals surface area (Å²) in [6.07, 6.45) is 0.893. The van der Waals surface area contributed by atoms with E-state index in [1.165, 1.54) is 7.11 Å². The summed E-state index contributed by atoms with van der Waals surface area (Å²) in [5.41, 5.74) is 0. The molecular formula is C9H16N2O5S. The molecule has 2 N–H and O–H groups in total. The van der Waals surface area contributed by atoms with Crippen LogP contribution in [0.15, 0.2) is 0 Å². The molecule has 2 fully saturated rings. The summed E-state index contributed by atoms with van der Waals surface area (Å²) in [7, 11) is -2.51. The highest BCUT2D eigenvalue weighted by molar-refractivity contribution is 7.87. The van der Waals surface area contributed by atoms with E-state index < -0.39 is 28.3 Å². The molecule has 1 aliphatic carbocycles. The molecule has 1 saturated carbocycles.